The Labute approximate surface area is 121 Å². The summed E-state index contributed by atoms with van der Waals surface area (Å²) in [5.41, 5.74) is 0.0683. The zero-order chi connectivity index (χ0) is 12.7. The van der Waals surface area contributed by atoms with Crippen LogP contribution in [0.5, 0.6) is 0 Å². The number of benzene rings is 2. The molecule has 0 N–H and O–H groups in total. The Hall–Kier alpha value is -1.19. The molecule has 18 heavy (non-hydrogen) atoms. The molecule has 3 aromatic rings. The minimum atomic E-state index is 0.0683. The first-order valence-corrected chi connectivity index (χ1v) is 7.06. The monoisotopic (exact) mass is 362 g/mol. The molecule has 0 amide bonds. The summed E-state index contributed by atoms with van der Waals surface area (Å²) in [7, 11) is 0. The highest BCUT2D eigenvalue weighted by atomic mass is 79.9. The second-order valence-corrected chi connectivity index (χ2v) is 5.81. The largest absolute Gasteiger partial charge is 0.289 e. The second-order valence-electron chi connectivity index (χ2n) is 4.10. The maximum absolute atomic E-state index is 12.5. The fourth-order valence-corrected chi connectivity index (χ4v) is 2.77. The Morgan fingerprint density at radius 2 is 1.39 bits per heavy atom. The third kappa shape index (κ3) is 1.88. The molecule has 0 heterocycles. The van der Waals surface area contributed by atoms with Crippen LogP contribution in [0.2, 0.25) is 0 Å². The fourth-order valence-electron chi connectivity index (χ4n) is 2.07. The van der Waals surface area contributed by atoms with Gasteiger partial charge in [0.05, 0.1) is 0 Å². The highest BCUT2D eigenvalue weighted by Gasteiger charge is 2.05. The van der Waals surface area contributed by atoms with Crippen molar-refractivity contribution in [3.63, 3.8) is 0 Å². The zero-order valence-electron chi connectivity index (χ0n) is 9.28. The van der Waals surface area contributed by atoms with Crippen molar-refractivity contribution in [3.05, 3.63) is 67.7 Å². The molecule has 0 saturated carbocycles. The van der Waals surface area contributed by atoms with E-state index in [1.165, 1.54) is 0 Å². The van der Waals surface area contributed by atoms with Gasteiger partial charge in [0.2, 0.25) is 0 Å². The Kier molecular flexibility index (Phi) is 2.96. The number of fused-ring (bicyclic) bond motifs is 2. The van der Waals surface area contributed by atoms with Gasteiger partial charge in [0.25, 0.3) is 0 Å². The van der Waals surface area contributed by atoms with E-state index in [2.05, 4.69) is 31.9 Å². The molecule has 0 bridgehead atoms. The molecule has 88 valence electrons. The predicted molar refractivity (Wildman–Crippen MR) is 83.1 cm³/mol. The number of halogens is 2. The molecular weight excluding hydrogens is 356 g/mol. The molecule has 3 aromatic carbocycles. The maximum Gasteiger partial charge on any atom is 0.194 e. The summed E-state index contributed by atoms with van der Waals surface area (Å²) in [6.07, 6.45) is 0. The zero-order valence-corrected chi connectivity index (χ0v) is 12.5. The van der Waals surface area contributed by atoms with Crippen molar-refractivity contribution < 1.29 is 0 Å². The molecule has 0 unspecified atom stereocenters. The van der Waals surface area contributed by atoms with Crippen LogP contribution in [0.1, 0.15) is 0 Å². The molecule has 0 aliphatic carbocycles. The Bertz CT molecular complexity index is 825. The average Bonchev–Trinajstić information content (AvgIpc) is 2.51. The maximum atomic E-state index is 12.5. The minimum Gasteiger partial charge on any atom is -0.289 e. The van der Waals surface area contributed by atoms with E-state index in [0.29, 0.717) is 0 Å². The molecule has 0 aliphatic rings. The lowest BCUT2D eigenvalue weighted by Gasteiger charge is -1.97. The van der Waals surface area contributed by atoms with Crippen LogP contribution in [-0.4, -0.2) is 0 Å². The molecule has 0 atom stereocenters. The van der Waals surface area contributed by atoms with E-state index >= 15 is 0 Å². The van der Waals surface area contributed by atoms with Crippen LogP contribution in [0.4, 0.5) is 0 Å². The summed E-state index contributed by atoms with van der Waals surface area (Å²) in [6.45, 7) is 0. The van der Waals surface area contributed by atoms with Crippen molar-refractivity contribution in [2.45, 2.75) is 0 Å². The summed E-state index contributed by atoms with van der Waals surface area (Å²) in [5.74, 6) is 0. The molecule has 0 radical (unpaired) electrons. The normalized spacial score (nSPS) is 11.0. The lowest BCUT2D eigenvalue weighted by Crippen LogP contribution is -1.98. The predicted octanol–water partition coefficient (Wildman–Crippen LogP) is 4.88. The van der Waals surface area contributed by atoms with Crippen molar-refractivity contribution in [2.24, 2.45) is 0 Å². The summed E-state index contributed by atoms with van der Waals surface area (Å²) in [4.78, 5) is 12.5. The number of rotatable bonds is 0. The first-order chi connectivity index (χ1) is 8.66. The van der Waals surface area contributed by atoms with Gasteiger partial charge in [0, 0.05) is 19.7 Å². The number of hydrogen-bond donors (Lipinski definition) is 0. The van der Waals surface area contributed by atoms with Crippen LogP contribution in [0, 0.1) is 0 Å². The van der Waals surface area contributed by atoms with Gasteiger partial charge in [-0.1, -0.05) is 36.4 Å². The first kappa shape index (κ1) is 11.9. The van der Waals surface area contributed by atoms with Gasteiger partial charge in [-0.25, -0.2) is 0 Å². The topological polar surface area (TPSA) is 17.1 Å². The third-order valence-corrected chi connectivity index (χ3v) is 4.83. The molecule has 0 saturated heterocycles. The van der Waals surface area contributed by atoms with Gasteiger partial charge in [-0.15, -0.1) is 0 Å². The van der Waals surface area contributed by atoms with Gasteiger partial charge in [0.15, 0.2) is 5.43 Å². The molecule has 0 spiro atoms. The van der Waals surface area contributed by atoms with Gasteiger partial charge in [-0.2, -0.15) is 0 Å². The van der Waals surface area contributed by atoms with Crippen molar-refractivity contribution in [3.8, 4) is 0 Å². The van der Waals surface area contributed by atoms with E-state index in [1.54, 1.807) is 0 Å². The molecule has 0 aliphatic heterocycles. The Morgan fingerprint density at radius 3 is 2.22 bits per heavy atom. The van der Waals surface area contributed by atoms with E-state index in [-0.39, 0.29) is 5.43 Å². The highest BCUT2D eigenvalue weighted by molar-refractivity contribution is 9.13. The van der Waals surface area contributed by atoms with Crippen molar-refractivity contribution in [2.75, 3.05) is 0 Å². The summed E-state index contributed by atoms with van der Waals surface area (Å²) < 4.78 is 1.84. The van der Waals surface area contributed by atoms with Crippen molar-refractivity contribution in [1.82, 2.24) is 0 Å². The summed E-state index contributed by atoms with van der Waals surface area (Å²) >= 11 is 6.91. The van der Waals surface area contributed by atoms with E-state index in [4.69, 9.17) is 0 Å². The fraction of sp³-hybridized carbons (Fsp3) is 0. The van der Waals surface area contributed by atoms with E-state index < -0.39 is 0 Å². The van der Waals surface area contributed by atoms with Crippen LogP contribution >= 0.6 is 31.9 Å². The summed E-state index contributed by atoms with van der Waals surface area (Å²) in [5, 5.41) is 3.38. The second kappa shape index (κ2) is 4.48. The number of hydrogen-bond acceptors (Lipinski definition) is 1. The van der Waals surface area contributed by atoms with Crippen LogP contribution in [0.25, 0.3) is 21.5 Å². The van der Waals surface area contributed by atoms with Gasteiger partial charge in [-0.3, -0.25) is 4.79 Å². The van der Waals surface area contributed by atoms with Crippen molar-refractivity contribution in [1.29, 1.82) is 0 Å². The Balaban J connectivity index is 2.63. The van der Waals surface area contributed by atoms with Crippen molar-refractivity contribution >= 4 is 53.4 Å². The minimum absolute atomic E-state index is 0.0683. The molecular formula is C15H8Br2O. The third-order valence-electron chi connectivity index (χ3n) is 2.98. The van der Waals surface area contributed by atoms with E-state index in [9.17, 15) is 4.79 Å². The standard InChI is InChI=1S/C15H8Br2O/c16-13-7-10-6-5-9-3-1-2-4-11(9)15(18)12(10)8-14(13)17/h1-8H. The van der Waals surface area contributed by atoms with Crippen LogP contribution in [0.15, 0.2) is 62.3 Å². The highest BCUT2D eigenvalue weighted by Crippen LogP contribution is 2.27. The Morgan fingerprint density at radius 1 is 0.722 bits per heavy atom. The molecule has 0 fully saturated rings. The van der Waals surface area contributed by atoms with Gasteiger partial charge < -0.3 is 0 Å². The molecule has 3 rings (SSSR count). The van der Waals surface area contributed by atoms with Crippen LogP contribution in [-0.2, 0) is 0 Å². The molecule has 1 nitrogen and oxygen atoms in total. The van der Waals surface area contributed by atoms with Gasteiger partial charge in [0.1, 0.15) is 0 Å². The van der Waals surface area contributed by atoms with Gasteiger partial charge in [-0.05, 0) is 54.8 Å². The molecule has 0 aromatic heterocycles. The SMILES string of the molecule is O=c1c2ccccc2ccc2cc(Br)c(Br)cc12. The van der Waals surface area contributed by atoms with E-state index in [1.807, 2.05) is 48.5 Å². The average molecular weight is 364 g/mol. The van der Waals surface area contributed by atoms with E-state index in [0.717, 1.165) is 30.5 Å². The van der Waals surface area contributed by atoms with Gasteiger partial charge >= 0.3 is 0 Å². The smallest absolute Gasteiger partial charge is 0.194 e. The van der Waals surface area contributed by atoms with Crippen LogP contribution in [0.3, 0.4) is 0 Å². The quantitative estimate of drug-likeness (QED) is 0.556. The summed E-state index contributed by atoms with van der Waals surface area (Å²) in [6, 6.07) is 15.5. The lowest BCUT2D eigenvalue weighted by atomic mass is 10.1. The lowest BCUT2D eigenvalue weighted by molar-refractivity contribution is 1.65. The molecule has 3 heteroatoms. The first-order valence-electron chi connectivity index (χ1n) is 5.47. The van der Waals surface area contributed by atoms with Crippen LogP contribution < -0.4 is 5.43 Å².